The topological polar surface area (TPSA) is 124 Å². The maximum absolute atomic E-state index is 10.9. The van der Waals surface area contributed by atoms with E-state index in [1.165, 1.54) is 17.0 Å². The fraction of sp³-hybridized carbons (Fsp3) is 0.214. The van der Waals surface area contributed by atoms with Crippen molar-refractivity contribution in [2.45, 2.75) is 6.54 Å². The SMILES string of the molecule is C=CCN(CC(=O)[O-])Cc1ccc(C(=O)[O-])c(C(=O)[O-])c1.[Na+].[Na+].[Na+]. The molecule has 24 heavy (non-hydrogen) atoms. The van der Waals surface area contributed by atoms with E-state index in [2.05, 4.69) is 6.58 Å². The molecule has 0 unspecified atom stereocenters. The van der Waals surface area contributed by atoms with Crippen LogP contribution in [0.25, 0.3) is 0 Å². The molecular weight excluding hydrogens is 347 g/mol. The first-order chi connectivity index (χ1) is 9.85. The van der Waals surface area contributed by atoms with Crippen LogP contribution in [0.4, 0.5) is 0 Å². The minimum atomic E-state index is -1.65. The molecule has 0 bridgehead atoms. The van der Waals surface area contributed by atoms with E-state index in [-0.39, 0.29) is 108 Å². The fourth-order valence-corrected chi connectivity index (χ4v) is 1.84. The number of carboxylic acids is 3. The third kappa shape index (κ3) is 9.72. The molecule has 0 aliphatic heterocycles. The Morgan fingerprint density at radius 1 is 1.00 bits per heavy atom. The first kappa shape index (κ1) is 29.1. The zero-order valence-corrected chi connectivity index (χ0v) is 20.0. The van der Waals surface area contributed by atoms with Crippen molar-refractivity contribution in [2.24, 2.45) is 0 Å². The number of aromatic carboxylic acids is 2. The first-order valence-corrected chi connectivity index (χ1v) is 5.94. The molecule has 0 atom stereocenters. The molecule has 0 N–H and O–H groups in total. The summed E-state index contributed by atoms with van der Waals surface area (Å²) in [5, 5.41) is 32.3. The van der Waals surface area contributed by atoms with Gasteiger partial charge in [0, 0.05) is 30.8 Å². The van der Waals surface area contributed by atoms with Crippen LogP contribution in [-0.4, -0.2) is 35.9 Å². The monoisotopic (exact) mass is 359 g/mol. The molecule has 0 spiro atoms. The smallest absolute Gasteiger partial charge is 0.549 e. The molecule has 1 rings (SSSR count). The molecule has 1 aromatic carbocycles. The van der Waals surface area contributed by atoms with Gasteiger partial charge in [0.15, 0.2) is 0 Å². The summed E-state index contributed by atoms with van der Waals surface area (Å²) < 4.78 is 0. The average Bonchev–Trinajstić information content (AvgIpc) is 2.37. The predicted molar refractivity (Wildman–Crippen MR) is 65.6 cm³/mol. The quantitative estimate of drug-likeness (QED) is 0.333. The molecular formula is C14H12NNa3O6. The standard InChI is InChI=1S/C14H15NO6.3Na/c1-2-5-15(8-12(16)17)7-9-3-4-10(13(18)19)11(6-9)14(20)21;;;/h2-4,6H,1,5,7-8H2,(H,16,17)(H,18,19)(H,20,21);;;/q;3*+1/p-3. The fourth-order valence-electron chi connectivity index (χ4n) is 1.84. The zero-order chi connectivity index (χ0) is 16.0. The Balaban J connectivity index is -0.00000147. The van der Waals surface area contributed by atoms with Gasteiger partial charge >= 0.3 is 88.7 Å². The minimum Gasteiger partial charge on any atom is -0.549 e. The van der Waals surface area contributed by atoms with Gasteiger partial charge in [-0.25, -0.2) is 0 Å². The van der Waals surface area contributed by atoms with E-state index < -0.39 is 29.0 Å². The second kappa shape index (κ2) is 14.5. The number of carbonyl (C=O) groups is 3. The second-order valence-electron chi connectivity index (χ2n) is 4.29. The van der Waals surface area contributed by atoms with Crippen molar-refractivity contribution in [1.82, 2.24) is 4.90 Å². The molecule has 0 saturated heterocycles. The van der Waals surface area contributed by atoms with E-state index in [0.29, 0.717) is 5.56 Å². The molecule has 0 aliphatic carbocycles. The zero-order valence-electron chi connectivity index (χ0n) is 14.0. The van der Waals surface area contributed by atoms with Gasteiger partial charge in [-0.05, 0) is 11.6 Å². The van der Waals surface area contributed by atoms with Crippen LogP contribution in [0.1, 0.15) is 26.3 Å². The van der Waals surface area contributed by atoms with Crippen LogP contribution in [0.3, 0.4) is 0 Å². The molecule has 0 aliphatic rings. The largest absolute Gasteiger partial charge is 1.00 e. The van der Waals surface area contributed by atoms with Crippen LogP contribution in [0.15, 0.2) is 30.9 Å². The summed E-state index contributed by atoms with van der Waals surface area (Å²) >= 11 is 0. The summed E-state index contributed by atoms with van der Waals surface area (Å²) in [6, 6.07) is 3.58. The van der Waals surface area contributed by atoms with Crippen LogP contribution >= 0.6 is 0 Å². The van der Waals surface area contributed by atoms with E-state index in [0.717, 1.165) is 12.1 Å². The molecule has 0 saturated carbocycles. The van der Waals surface area contributed by atoms with Crippen LogP contribution in [0.5, 0.6) is 0 Å². The van der Waals surface area contributed by atoms with Crippen molar-refractivity contribution in [3.05, 3.63) is 47.5 Å². The van der Waals surface area contributed by atoms with E-state index in [4.69, 9.17) is 0 Å². The number of nitrogens with zero attached hydrogens (tertiary/aromatic N) is 1. The van der Waals surface area contributed by atoms with Crippen molar-refractivity contribution in [3.8, 4) is 0 Å². The summed E-state index contributed by atoms with van der Waals surface area (Å²) in [5.74, 6) is -4.56. The number of carboxylic acid groups (broad SMARTS) is 3. The minimum absolute atomic E-state index is 0. The van der Waals surface area contributed by atoms with Crippen LogP contribution in [-0.2, 0) is 11.3 Å². The van der Waals surface area contributed by atoms with Crippen molar-refractivity contribution in [3.63, 3.8) is 0 Å². The molecule has 1 aromatic rings. The maximum Gasteiger partial charge on any atom is 1.00 e. The van der Waals surface area contributed by atoms with Gasteiger partial charge in [0.2, 0.25) is 0 Å². The van der Waals surface area contributed by atoms with E-state index >= 15 is 0 Å². The molecule has 0 fully saturated rings. The Labute approximate surface area is 206 Å². The van der Waals surface area contributed by atoms with Crippen molar-refractivity contribution in [1.29, 1.82) is 0 Å². The average molecular weight is 359 g/mol. The number of hydrogen-bond donors (Lipinski definition) is 0. The van der Waals surface area contributed by atoms with E-state index in [1.54, 1.807) is 0 Å². The van der Waals surface area contributed by atoms with E-state index in [9.17, 15) is 29.7 Å². The van der Waals surface area contributed by atoms with Crippen molar-refractivity contribution < 1.29 is 118 Å². The Kier molecular flexibility index (Phi) is 17.6. The number of carbonyl (C=O) groups excluding carboxylic acids is 3. The second-order valence-corrected chi connectivity index (χ2v) is 4.29. The molecule has 0 aromatic heterocycles. The van der Waals surface area contributed by atoms with E-state index in [1.807, 2.05) is 0 Å². The van der Waals surface area contributed by atoms with Gasteiger partial charge in [0.1, 0.15) is 0 Å². The van der Waals surface area contributed by atoms with Crippen molar-refractivity contribution in [2.75, 3.05) is 13.1 Å². The summed E-state index contributed by atoms with van der Waals surface area (Å²) in [7, 11) is 0. The Hall–Kier alpha value is 0.330. The third-order valence-electron chi connectivity index (χ3n) is 2.67. The van der Waals surface area contributed by atoms with Gasteiger partial charge < -0.3 is 29.7 Å². The van der Waals surface area contributed by atoms with Gasteiger partial charge in [-0.2, -0.15) is 0 Å². The van der Waals surface area contributed by atoms with Gasteiger partial charge in [0.25, 0.3) is 0 Å². The summed E-state index contributed by atoms with van der Waals surface area (Å²) in [6.45, 7) is 3.46. The molecule has 0 radical (unpaired) electrons. The predicted octanol–water partition coefficient (Wildman–Crippen LogP) is -11.8. The third-order valence-corrected chi connectivity index (χ3v) is 2.67. The Morgan fingerprint density at radius 3 is 1.96 bits per heavy atom. The van der Waals surface area contributed by atoms with Gasteiger partial charge in [-0.1, -0.05) is 18.2 Å². The first-order valence-electron chi connectivity index (χ1n) is 5.94. The normalized spacial score (nSPS) is 9.04. The maximum atomic E-state index is 10.9. The van der Waals surface area contributed by atoms with Gasteiger partial charge in [-0.15, -0.1) is 6.58 Å². The van der Waals surface area contributed by atoms with Gasteiger partial charge in [0.05, 0.1) is 17.9 Å². The molecule has 112 valence electrons. The van der Waals surface area contributed by atoms with Crippen LogP contribution in [0, 0.1) is 0 Å². The van der Waals surface area contributed by atoms with Gasteiger partial charge in [-0.3, -0.25) is 4.90 Å². The summed E-state index contributed by atoms with van der Waals surface area (Å²) in [6.07, 6.45) is 1.48. The molecule has 10 heteroatoms. The molecule has 7 nitrogen and oxygen atoms in total. The summed E-state index contributed by atoms with van der Waals surface area (Å²) in [5.41, 5.74) is -0.587. The Bertz CT molecular complexity index is 594. The number of hydrogen-bond acceptors (Lipinski definition) is 7. The number of rotatable bonds is 8. The summed E-state index contributed by atoms with van der Waals surface area (Å²) in [4.78, 5) is 33.8. The number of benzene rings is 1. The van der Waals surface area contributed by atoms with Crippen LogP contribution in [0.2, 0.25) is 0 Å². The molecule has 0 heterocycles. The molecule has 0 amide bonds. The van der Waals surface area contributed by atoms with Crippen LogP contribution < -0.4 is 104 Å². The van der Waals surface area contributed by atoms with Crippen molar-refractivity contribution >= 4 is 17.9 Å². The number of aliphatic carboxylic acids is 1. The Morgan fingerprint density at radius 2 is 1.54 bits per heavy atom.